The van der Waals surface area contributed by atoms with E-state index in [1.54, 1.807) is 20.8 Å². The molecule has 5 amide bonds. The molecule has 2 saturated carbocycles. The third kappa shape index (κ3) is 6.69. The van der Waals surface area contributed by atoms with Crippen molar-refractivity contribution in [3.63, 3.8) is 0 Å². The number of nitrogens with zero attached hydrogens (tertiary/aromatic N) is 1. The van der Waals surface area contributed by atoms with E-state index in [0.717, 1.165) is 0 Å². The summed E-state index contributed by atoms with van der Waals surface area (Å²) in [6.45, 7) is 15.1. The van der Waals surface area contributed by atoms with Crippen LogP contribution < -0.4 is 21.7 Å². The fraction of sp³-hybridized carbons (Fsp3) is 0.815. The lowest BCUT2D eigenvalue weighted by molar-refractivity contribution is -0.146. The van der Waals surface area contributed by atoms with Gasteiger partial charge in [0.1, 0.15) is 12.1 Å². The number of nitrogens with one attached hydrogen (secondary N) is 3. The number of piperidine rings is 1. The van der Waals surface area contributed by atoms with Gasteiger partial charge in [-0.3, -0.25) is 19.2 Å². The molecule has 3 rings (SSSR count). The highest BCUT2D eigenvalue weighted by molar-refractivity contribution is 6.37. The van der Waals surface area contributed by atoms with Gasteiger partial charge < -0.3 is 26.6 Å². The number of alkyl halides is 2. The SMILES string of the molecule is CC(C)(C)NC(=O)N[C@H](C(=O)N1C[C@H]2[C@@H]([C@H]1C(=O)NC(CC1CC(F)(F)C1)C(=O)C(N)=O)C2(C)C)C(C)(C)C. The Morgan fingerprint density at radius 1 is 1.00 bits per heavy atom. The molecule has 1 heterocycles. The fourth-order valence-corrected chi connectivity index (χ4v) is 6.08. The van der Waals surface area contributed by atoms with Crippen LogP contribution in [0.1, 0.15) is 74.7 Å². The Labute approximate surface area is 228 Å². The van der Waals surface area contributed by atoms with Crippen molar-refractivity contribution in [3.8, 4) is 0 Å². The van der Waals surface area contributed by atoms with Crippen LogP contribution in [0.3, 0.4) is 0 Å². The average molecular weight is 556 g/mol. The van der Waals surface area contributed by atoms with Gasteiger partial charge in [-0.15, -0.1) is 0 Å². The molecule has 220 valence electrons. The normalized spacial score (nSPS) is 26.9. The Hall–Kier alpha value is -2.79. The van der Waals surface area contributed by atoms with Gasteiger partial charge in [-0.25, -0.2) is 13.6 Å². The van der Waals surface area contributed by atoms with Crippen molar-refractivity contribution < 1.29 is 32.8 Å². The molecule has 12 heteroatoms. The van der Waals surface area contributed by atoms with Crippen molar-refractivity contribution in [1.82, 2.24) is 20.9 Å². The molecule has 5 atom stereocenters. The molecule has 1 aliphatic heterocycles. The number of primary amides is 1. The summed E-state index contributed by atoms with van der Waals surface area (Å²) in [5.74, 6) is -6.96. The van der Waals surface area contributed by atoms with Gasteiger partial charge in [0.2, 0.25) is 23.5 Å². The van der Waals surface area contributed by atoms with E-state index in [9.17, 15) is 32.8 Å². The number of carbonyl (C=O) groups excluding carboxylic acids is 5. The van der Waals surface area contributed by atoms with Crippen LogP contribution in [0.2, 0.25) is 0 Å². The van der Waals surface area contributed by atoms with Gasteiger partial charge >= 0.3 is 6.03 Å². The van der Waals surface area contributed by atoms with Crippen molar-refractivity contribution in [1.29, 1.82) is 0 Å². The third-order valence-corrected chi connectivity index (χ3v) is 8.26. The summed E-state index contributed by atoms with van der Waals surface area (Å²) in [6, 6.07) is -3.80. The lowest BCUT2D eigenvalue weighted by atomic mass is 9.77. The molecule has 10 nitrogen and oxygen atoms in total. The average Bonchev–Trinajstić information content (AvgIpc) is 3.06. The summed E-state index contributed by atoms with van der Waals surface area (Å²) in [5, 5.41) is 8.11. The molecule has 3 aliphatic rings. The predicted molar refractivity (Wildman–Crippen MR) is 139 cm³/mol. The van der Waals surface area contributed by atoms with Crippen LogP contribution in [0.25, 0.3) is 0 Å². The maximum absolute atomic E-state index is 13.9. The maximum Gasteiger partial charge on any atom is 0.315 e. The maximum atomic E-state index is 13.9. The van der Waals surface area contributed by atoms with E-state index in [-0.39, 0.29) is 30.2 Å². The monoisotopic (exact) mass is 555 g/mol. The molecule has 0 spiro atoms. The summed E-state index contributed by atoms with van der Waals surface area (Å²) in [5.41, 5.74) is 3.71. The third-order valence-electron chi connectivity index (χ3n) is 8.26. The summed E-state index contributed by atoms with van der Waals surface area (Å²) in [6.07, 6.45) is -1.01. The number of fused-ring (bicyclic) bond motifs is 1. The minimum absolute atomic E-state index is 0.0248. The van der Waals surface area contributed by atoms with E-state index in [0.29, 0.717) is 0 Å². The highest BCUT2D eigenvalue weighted by Gasteiger charge is 2.70. The van der Waals surface area contributed by atoms with Gasteiger partial charge in [0.25, 0.3) is 5.91 Å². The van der Waals surface area contributed by atoms with E-state index in [1.165, 1.54) is 4.90 Å². The van der Waals surface area contributed by atoms with Gasteiger partial charge in [0, 0.05) is 24.9 Å². The van der Waals surface area contributed by atoms with Crippen LogP contribution in [0.4, 0.5) is 13.6 Å². The standard InChI is InChI=1S/C27H43F2N5O5/c1-24(2,3)19(32-23(39)33-25(4,5)6)22(38)34-12-14-16(26(14,7)8)17(34)21(37)31-15(18(35)20(30)36)9-13-10-27(28,29)11-13/h13-17,19H,9-12H2,1-8H3,(H2,30,36)(H,31,37)(H2,32,33,39)/t14-,15?,16-,17-,19+/m0/s1. The molecular formula is C27H43F2N5O5. The summed E-state index contributed by atoms with van der Waals surface area (Å²) >= 11 is 0. The minimum atomic E-state index is -2.83. The topological polar surface area (TPSA) is 151 Å². The molecular weight excluding hydrogens is 512 g/mol. The Bertz CT molecular complexity index is 1040. The van der Waals surface area contributed by atoms with E-state index < -0.39 is 83.3 Å². The smallest absolute Gasteiger partial charge is 0.315 e. The van der Waals surface area contributed by atoms with Gasteiger partial charge in [-0.05, 0) is 55.8 Å². The van der Waals surface area contributed by atoms with Crippen molar-refractivity contribution >= 4 is 29.5 Å². The summed E-state index contributed by atoms with van der Waals surface area (Å²) in [4.78, 5) is 65.9. The molecule has 0 aromatic carbocycles. The molecule has 1 saturated heterocycles. The van der Waals surface area contributed by atoms with E-state index in [2.05, 4.69) is 16.0 Å². The molecule has 0 aromatic rings. The Morgan fingerprint density at radius 3 is 2.03 bits per heavy atom. The van der Waals surface area contributed by atoms with E-state index in [1.807, 2.05) is 34.6 Å². The second-order valence-corrected chi connectivity index (χ2v) is 14.2. The quantitative estimate of drug-likeness (QED) is 0.338. The first-order chi connectivity index (χ1) is 17.5. The van der Waals surface area contributed by atoms with Crippen molar-refractivity contribution in [2.24, 2.45) is 34.3 Å². The van der Waals surface area contributed by atoms with Crippen LogP contribution in [0, 0.1) is 28.6 Å². The van der Waals surface area contributed by atoms with Crippen LogP contribution in [-0.2, 0) is 19.2 Å². The largest absolute Gasteiger partial charge is 0.363 e. The zero-order chi connectivity index (χ0) is 29.9. The first-order valence-corrected chi connectivity index (χ1v) is 13.5. The number of carbonyl (C=O) groups is 5. The Morgan fingerprint density at radius 2 is 1.56 bits per heavy atom. The predicted octanol–water partition coefficient (Wildman–Crippen LogP) is 1.96. The minimum Gasteiger partial charge on any atom is -0.363 e. The lowest BCUT2D eigenvalue weighted by Crippen LogP contribution is -2.62. The second-order valence-electron chi connectivity index (χ2n) is 14.2. The van der Waals surface area contributed by atoms with E-state index in [4.69, 9.17) is 5.73 Å². The van der Waals surface area contributed by atoms with Gasteiger partial charge in [0.05, 0.1) is 6.04 Å². The Balaban J connectivity index is 1.83. The van der Waals surface area contributed by atoms with Crippen LogP contribution in [-0.4, -0.2) is 70.6 Å². The number of hydrogen-bond acceptors (Lipinski definition) is 5. The zero-order valence-electron chi connectivity index (χ0n) is 24.1. The van der Waals surface area contributed by atoms with Gasteiger partial charge in [0.15, 0.2) is 0 Å². The molecule has 0 bridgehead atoms. The summed E-state index contributed by atoms with van der Waals surface area (Å²) < 4.78 is 26.8. The van der Waals surface area contributed by atoms with Crippen molar-refractivity contribution in [2.75, 3.05) is 6.54 Å². The van der Waals surface area contributed by atoms with Crippen LogP contribution in [0.15, 0.2) is 0 Å². The van der Waals surface area contributed by atoms with Gasteiger partial charge in [-0.1, -0.05) is 34.6 Å². The summed E-state index contributed by atoms with van der Waals surface area (Å²) in [7, 11) is 0. The number of urea groups is 1. The van der Waals surface area contributed by atoms with Gasteiger partial charge in [-0.2, -0.15) is 0 Å². The molecule has 39 heavy (non-hydrogen) atoms. The van der Waals surface area contributed by atoms with Crippen LogP contribution in [0.5, 0.6) is 0 Å². The number of Topliss-reactive ketones (excluding diaryl/α,β-unsaturated/α-hetero) is 1. The van der Waals surface area contributed by atoms with Crippen molar-refractivity contribution in [3.05, 3.63) is 0 Å². The second kappa shape index (κ2) is 9.99. The zero-order valence-corrected chi connectivity index (χ0v) is 24.1. The Kier molecular flexibility index (Phi) is 7.88. The highest BCUT2D eigenvalue weighted by Crippen LogP contribution is 2.65. The number of nitrogens with two attached hydrogens (primary N) is 1. The fourth-order valence-electron chi connectivity index (χ4n) is 6.08. The molecule has 5 N–H and O–H groups in total. The number of amides is 5. The number of halogens is 2. The molecule has 2 aliphatic carbocycles. The molecule has 0 radical (unpaired) electrons. The van der Waals surface area contributed by atoms with Crippen molar-refractivity contribution in [2.45, 2.75) is 104 Å². The number of ketones is 1. The van der Waals surface area contributed by atoms with Crippen LogP contribution >= 0.6 is 0 Å². The molecule has 1 unspecified atom stereocenters. The molecule has 3 fully saturated rings. The first kappa shape index (κ1) is 30.7. The lowest BCUT2D eigenvalue weighted by Gasteiger charge is -2.39. The first-order valence-electron chi connectivity index (χ1n) is 13.5. The van der Waals surface area contributed by atoms with E-state index >= 15 is 0 Å². The molecule has 0 aromatic heterocycles. The number of hydrogen-bond donors (Lipinski definition) is 4. The number of rotatable bonds is 8. The number of likely N-dealkylation sites (tertiary alicyclic amines) is 1. The highest BCUT2D eigenvalue weighted by atomic mass is 19.3.